The summed E-state index contributed by atoms with van der Waals surface area (Å²) < 4.78 is 78.5. The van der Waals surface area contributed by atoms with Crippen molar-refractivity contribution in [3.05, 3.63) is 11.9 Å². The zero-order valence-electron chi connectivity index (χ0n) is 20.3. The fourth-order valence-corrected chi connectivity index (χ4v) is 6.02. The van der Waals surface area contributed by atoms with E-state index in [1.165, 1.54) is 4.31 Å². The summed E-state index contributed by atoms with van der Waals surface area (Å²) in [4.78, 5) is 11.1. The second kappa shape index (κ2) is 10.3. The smallest absolute Gasteiger partial charge is 0.375 e. The molecule has 2 saturated heterocycles. The van der Waals surface area contributed by atoms with Crippen LogP contribution in [-0.4, -0.2) is 93.6 Å². The second-order valence-corrected chi connectivity index (χ2v) is 11.7. The zero-order chi connectivity index (χ0) is 25.3. The van der Waals surface area contributed by atoms with Gasteiger partial charge in [0.1, 0.15) is 11.6 Å². The van der Waals surface area contributed by atoms with E-state index in [2.05, 4.69) is 9.97 Å². The molecule has 35 heavy (non-hydrogen) atoms. The molecule has 0 bridgehead atoms. The number of likely N-dealkylation sites (N-methyl/N-ethyl adjacent to an activating group) is 1. The molecule has 13 heteroatoms. The summed E-state index contributed by atoms with van der Waals surface area (Å²) in [5, 5.41) is 0. The third-order valence-electron chi connectivity index (χ3n) is 6.94. The molecule has 2 aliphatic heterocycles. The van der Waals surface area contributed by atoms with Crippen molar-refractivity contribution < 1.29 is 31.1 Å². The molecule has 0 radical (unpaired) electrons. The van der Waals surface area contributed by atoms with Gasteiger partial charge >= 0.3 is 6.18 Å². The number of alkyl halides is 3. The van der Waals surface area contributed by atoms with Gasteiger partial charge in [0.05, 0.1) is 24.6 Å². The average molecular weight is 522 g/mol. The van der Waals surface area contributed by atoms with Crippen LogP contribution in [0.2, 0.25) is 0 Å². The number of rotatable bonds is 5. The van der Waals surface area contributed by atoms with Gasteiger partial charge in [-0.05, 0) is 19.3 Å². The van der Waals surface area contributed by atoms with E-state index in [1.807, 2.05) is 4.90 Å². The van der Waals surface area contributed by atoms with Crippen LogP contribution in [0.25, 0.3) is 0 Å². The molecule has 1 saturated carbocycles. The fourth-order valence-electron chi connectivity index (χ4n) is 5.12. The normalized spacial score (nSPS) is 24.4. The number of hydrogen-bond acceptors (Lipinski definition) is 8. The van der Waals surface area contributed by atoms with Gasteiger partial charge < -0.3 is 19.3 Å². The van der Waals surface area contributed by atoms with Crippen molar-refractivity contribution in [1.82, 2.24) is 14.3 Å². The maximum atomic E-state index is 13.7. The van der Waals surface area contributed by atoms with Gasteiger partial charge in [0.2, 0.25) is 15.8 Å². The SMILES string of the molecule is CN(CC1CN(S(C)(=O)=O)CCCO1)c1cc(N2CCOC3(CCCCC3)C2)nc(C(F)(F)F)n1. The highest BCUT2D eigenvalue weighted by Gasteiger charge is 2.40. The topological polar surface area (TPSA) is 88.1 Å². The predicted octanol–water partition coefficient (Wildman–Crippen LogP) is 2.52. The van der Waals surface area contributed by atoms with Gasteiger partial charge in [-0.15, -0.1) is 0 Å². The number of sulfonamides is 1. The lowest BCUT2D eigenvalue weighted by molar-refractivity contribution is -0.144. The molecule has 1 atom stereocenters. The first-order valence-corrected chi connectivity index (χ1v) is 13.9. The van der Waals surface area contributed by atoms with Crippen LogP contribution in [0.3, 0.4) is 0 Å². The number of morpholine rings is 1. The highest BCUT2D eigenvalue weighted by molar-refractivity contribution is 7.88. The van der Waals surface area contributed by atoms with Gasteiger partial charge in [0.25, 0.3) is 0 Å². The van der Waals surface area contributed by atoms with Gasteiger partial charge in [-0.25, -0.2) is 18.4 Å². The highest BCUT2D eigenvalue weighted by Crippen LogP contribution is 2.37. The van der Waals surface area contributed by atoms with Crippen LogP contribution in [0.5, 0.6) is 0 Å². The molecule has 9 nitrogen and oxygen atoms in total. The Balaban J connectivity index is 1.57. The van der Waals surface area contributed by atoms with Crippen molar-refractivity contribution in [3.8, 4) is 0 Å². The van der Waals surface area contributed by atoms with Crippen molar-refractivity contribution in [2.24, 2.45) is 0 Å². The minimum Gasteiger partial charge on any atom is -0.375 e. The summed E-state index contributed by atoms with van der Waals surface area (Å²) in [6.07, 6.45) is 1.52. The Labute approximate surface area is 204 Å². The number of nitrogens with zero attached hydrogens (tertiary/aromatic N) is 5. The minimum atomic E-state index is -4.70. The molecule has 0 N–H and O–H groups in total. The zero-order valence-corrected chi connectivity index (χ0v) is 21.1. The monoisotopic (exact) mass is 521 g/mol. The van der Waals surface area contributed by atoms with Crippen molar-refractivity contribution in [1.29, 1.82) is 0 Å². The Morgan fingerprint density at radius 2 is 1.89 bits per heavy atom. The Hall–Kier alpha value is -1.70. The van der Waals surface area contributed by atoms with E-state index in [1.54, 1.807) is 18.0 Å². The van der Waals surface area contributed by atoms with Crippen LogP contribution in [0.15, 0.2) is 6.07 Å². The summed E-state index contributed by atoms with van der Waals surface area (Å²) in [5.41, 5.74) is -0.338. The fraction of sp³-hybridized carbons (Fsp3) is 0.818. The Kier molecular flexibility index (Phi) is 7.79. The molecule has 198 valence electrons. The van der Waals surface area contributed by atoms with Crippen molar-refractivity contribution in [3.63, 3.8) is 0 Å². The maximum absolute atomic E-state index is 13.7. The molecule has 3 heterocycles. The van der Waals surface area contributed by atoms with Gasteiger partial charge in [0, 0.05) is 52.4 Å². The molecule has 0 amide bonds. The van der Waals surface area contributed by atoms with E-state index in [-0.39, 0.29) is 30.3 Å². The first-order valence-electron chi connectivity index (χ1n) is 12.1. The largest absolute Gasteiger partial charge is 0.451 e. The molecular weight excluding hydrogens is 487 g/mol. The van der Waals surface area contributed by atoms with E-state index >= 15 is 0 Å². The van der Waals surface area contributed by atoms with Crippen LogP contribution >= 0.6 is 0 Å². The lowest BCUT2D eigenvalue weighted by atomic mass is 9.83. The van der Waals surface area contributed by atoms with Crippen molar-refractivity contribution in [2.45, 2.75) is 56.4 Å². The Morgan fingerprint density at radius 1 is 1.14 bits per heavy atom. The van der Waals surface area contributed by atoms with Gasteiger partial charge in [-0.1, -0.05) is 19.3 Å². The molecule has 3 aliphatic rings. The quantitative estimate of drug-likeness (QED) is 0.584. The molecule has 3 fully saturated rings. The van der Waals surface area contributed by atoms with E-state index in [0.717, 1.165) is 38.4 Å². The third kappa shape index (κ3) is 6.55. The number of aromatic nitrogens is 2. The summed E-state index contributed by atoms with van der Waals surface area (Å²) in [6.45, 7) is 2.45. The molecule has 1 aromatic rings. The third-order valence-corrected chi connectivity index (χ3v) is 8.21. The van der Waals surface area contributed by atoms with E-state index < -0.39 is 28.1 Å². The van der Waals surface area contributed by atoms with Crippen molar-refractivity contribution in [2.75, 3.05) is 69.0 Å². The standard InChI is InChI=1S/C22H34F3N5O4S/c1-28(14-17-15-30(35(2,31)32)9-6-11-33-17)18-13-19(27-20(26-18)22(23,24)25)29-10-12-34-21(16-29)7-4-3-5-8-21/h13,17H,3-12,14-16H2,1-2H3. The van der Waals surface area contributed by atoms with Crippen LogP contribution < -0.4 is 9.80 Å². The molecular formula is C22H34F3N5O4S. The van der Waals surface area contributed by atoms with Crippen molar-refractivity contribution >= 4 is 21.7 Å². The lowest BCUT2D eigenvalue weighted by Crippen LogP contribution is -2.53. The molecule has 1 aromatic heterocycles. The first kappa shape index (κ1) is 26.4. The van der Waals surface area contributed by atoms with Crippen LogP contribution in [0.1, 0.15) is 44.3 Å². The van der Waals surface area contributed by atoms with E-state index in [9.17, 15) is 21.6 Å². The summed E-state index contributed by atoms with van der Waals surface area (Å²) in [7, 11) is -1.77. The van der Waals surface area contributed by atoms with Crippen LogP contribution in [-0.2, 0) is 25.7 Å². The summed E-state index contributed by atoms with van der Waals surface area (Å²) >= 11 is 0. The summed E-state index contributed by atoms with van der Waals surface area (Å²) in [6, 6.07) is 1.57. The molecule has 4 rings (SSSR count). The first-order chi connectivity index (χ1) is 16.5. The number of ether oxygens (including phenoxy) is 2. The van der Waals surface area contributed by atoms with Gasteiger partial charge in [-0.3, -0.25) is 0 Å². The number of anilines is 2. The highest BCUT2D eigenvalue weighted by atomic mass is 32.2. The van der Waals surface area contributed by atoms with E-state index in [4.69, 9.17) is 9.47 Å². The minimum absolute atomic E-state index is 0.116. The number of hydrogen-bond donors (Lipinski definition) is 0. The summed E-state index contributed by atoms with van der Waals surface area (Å²) in [5.74, 6) is -0.854. The second-order valence-electron chi connectivity index (χ2n) is 9.77. The maximum Gasteiger partial charge on any atom is 0.451 e. The van der Waals surface area contributed by atoms with Crippen LogP contribution in [0.4, 0.5) is 24.8 Å². The lowest BCUT2D eigenvalue weighted by Gasteiger charge is -2.45. The molecule has 1 spiro atoms. The van der Waals surface area contributed by atoms with Crippen LogP contribution in [0, 0.1) is 0 Å². The molecule has 1 aliphatic carbocycles. The average Bonchev–Trinajstić information content (AvgIpc) is 3.04. The predicted molar refractivity (Wildman–Crippen MR) is 125 cm³/mol. The molecule has 1 unspecified atom stereocenters. The van der Waals surface area contributed by atoms with Gasteiger partial charge in [0.15, 0.2) is 0 Å². The number of halogens is 3. The van der Waals surface area contributed by atoms with Gasteiger partial charge in [-0.2, -0.15) is 17.5 Å². The Morgan fingerprint density at radius 3 is 2.57 bits per heavy atom. The van der Waals surface area contributed by atoms with E-state index in [0.29, 0.717) is 39.3 Å². The molecule has 0 aromatic carbocycles. The Bertz CT molecular complexity index is 982.